The fourth-order valence-electron chi connectivity index (χ4n) is 2.73. The molecule has 1 atom stereocenters. The van der Waals surface area contributed by atoms with E-state index in [0.717, 1.165) is 0 Å². The molecule has 1 unspecified atom stereocenters. The zero-order valence-electron chi connectivity index (χ0n) is 9.78. The lowest BCUT2D eigenvalue weighted by Crippen LogP contribution is -2.25. The SMILES string of the molecule is Cc1ccc(C(C(N)=S)C2CCCC2)cc1. The monoisotopic (exact) mass is 233 g/mol. The Morgan fingerprint density at radius 3 is 2.31 bits per heavy atom. The van der Waals surface area contributed by atoms with Crippen LogP contribution in [0.3, 0.4) is 0 Å². The summed E-state index contributed by atoms with van der Waals surface area (Å²) in [5, 5.41) is 0. The van der Waals surface area contributed by atoms with Crippen LogP contribution in [0.5, 0.6) is 0 Å². The molecule has 2 N–H and O–H groups in total. The normalized spacial score (nSPS) is 18.6. The van der Waals surface area contributed by atoms with E-state index in [-0.39, 0.29) is 5.92 Å². The molecule has 2 heteroatoms. The predicted molar refractivity (Wildman–Crippen MR) is 72.7 cm³/mol. The van der Waals surface area contributed by atoms with Crippen molar-refractivity contribution in [3.63, 3.8) is 0 Å². The molecule has 0 saturated heterocycles. The van der Waals surface area contributed by atoms with Crippen LogP contribution in [0, 0.1) is 12.8 Å². The van der Waals surface area contributed by atoms with Crippen molar-refractivity contribution in [1.29, 1.82) is 0 Å². The van der Waals surface area contributed by atoms with Gasteiger partial charge >= 0.3 is 0 Å². The van der Waals surface area contributed by atoms with Crippen LogP contribution in [0.2, 0.25) is 0 Å². The maximum atomic E-state index is 5.92. The second-order valence-electron chi connectivity index (χ2n) is 4.84. The Bertz CT molecular complexity index is 363. The van der Waals surface area contributed by atoms with Gasteiger partial charge in [0, 0.05) is 5.92 Å². The highest BCUT2D eigenvalue weighted by atomic mass is 32.1. The Hall–Kier alpha value is -0.890. The molecule has 0 aliphatic heterocycles. The van der Waals surface area contributed by atoms with Gasteiger partial charge in [0.1, 0.15) is 0 Å². The molecule has 1 saturated carbocycles. The van der Waals surface area contributed by atoms with E-state index in [0.29, 0.717) is 10.9 Å². The first-order chi connectivity index (χ1) is 7.68. The minimum Gasteiger partial charge on any atom is -0.393 e. The van der Waals surface area contributed by atoms with Gasteiger partial charge in [0.05, 0.1) is 4.99 Å². The van der Waals surface area contributed by atoms with Crippen LogP contribution in [0.4, 0.5) is 0 Å². The fourth-order valence-corrected chi connectivity index (χ4v) is 3.06. The molecule has 0 radical (unpaired) electrons. The van der Waals surface area contributed by atoms with E-state index in [1.54, 1.807) is 0 Å². The van der Waals surface area contributed by atoms with Crippen molar-refractivity contribution in [1.82, 2.24) is 0 Å². The molecule has 0 aromatic heterocycles. The maximum absolute atomic E-state index is 5.92. The summed E-state index contributed by atoms with van der Waals surface area (Å²) in [6.45, 7) is 2.11. The van der Waals surface area contributed by atoms with E-state index in [9.17, 15) is 0 Å². The Labute approximate surface area is 103 Å². The van der Waals surface area contributed by atoms with Crippen molar-refractivity contribution >= 4 is 17.2 Å². The van der Waals surface area contributed by atoms with Gasteiger partial charge in [0.15, 0.2) is 0 Å². The number of aryl methyl sites for hydroxylation is 1. The molecular formula is C14H19NS. The first-order valence-electron chi connectivity index (χ1n) is 6.04. The van der Waals surface area contributed by atoms with E-state index < -0.39 is 0 Å². The van der Waals surface area contributed by atoms with Gasteiger partial charge in [-0.3, -0.25) is 0 Å². The summed E-state index contributed by atoms with van der Waals surface area (Å²) >= 11 is 5.25. The van der Waals surface area contributed by atoms with Crippen LogP contribution in [-0.2, 0) is 0 Å². The zero-order chi connectivity index (χ0) is 11.5. The summed E-state index contributed by atoms with van der Waals surface area (Å²) in [7, 11) is 0. The number of rotatable bonds is 3. The molecule has 1 aromatic rings. The summed E-state index contributed by atoms with van der Waals surface area (Å²) in [6.07, 6.45) is 5.21. The maximum Gasteiger partial charge on any atom is 0.0806 e. The van der Waals surface area contributed by atoms with Gasteiger partial charge in [-0.15, -0.1) is 0 Å². The number of nitrogens with two attached hydrogens (primary N) is 1. The van der Waals surface area contributed by atoms with Gasteiger partial charge in [-0.25, -0.2) is 0 Å². The number of benzene rings is 1. The third kappa shape index (κ3) is 2.43. The summed E-state index contributed by atoms with van der Waals surface area (Å²) in [5.41, 5.74) is 8.50. The highest BCUT2D eigenvalue weighted by molar-refractivity contribution is 7.80. The highest BCUT2D eigenvalue weighted by Gasteiger charge is 2.28. The van der Waals surface area contributed by atoms with Crippen molar-refractivity contribution in [3.05, 3.63) is 35.4 Å². The highest BCUT2D eigenvalue weighted by Crippen LogP contribution is 2.37. The van der Waals surface area contributed by atoms with Gasteiger partial charge in [0.25, 0.3) is 0 Å². The van der Waals surface area contributed by atoms with Crippen LogP contribution < -0.4 is 5.73 Å². The summed E-state index contributed by atoms with van der Waals surface area (Å²) in [5.74, 6) is 0.957. The Kier molecular flexibility index (Phi) is 3.59. The average molecular weight is 233 g/mol. The summed E-state index contributed by atoms with van der Waals surface area (Å²) in [4.78, 5) is 0.663. The first kappa shape index (κ1) is 11.6. The molecule has 1 aliphatic carbocycles. The van der Waals surface area contributed by atoms with Gasteiger partial charge in [0.2, 0.25) is 0 Å². The Morgan fingerprint density at radius 2 is 1.81 bits per heavy atom. The van der Waals surface area contributed by atoms with E-state index in [2.05, 4.69) is 31.2 Å². The third-order valence-corrected chi connectivity index (χ3v) is 3.87. The van der Waals surface area contributed by atoms with E-state index >= 15 is 0 Å². The van der Waals surface area contributed by atoms with Crippen LogP contribution in [0.15, 0.2) is 24.3 Å². The minimum absolute atomic E-state index is 0.290. The first-order valence-corrected chi connectivity index (χ1v) is 6.45. The van der Waals surface area contributed by atoms with Gasteiger partial charge in [-0.05, 0) is 31.2 Å². The lowest BCUT2D eigenvalue weighted by Gasteiger charge is -2.22. The molecule has 1 nitrogen and oxygen atoms in total. The molecule has 0 spiro atoms. The van der Waals surface area contributed by atoms with Crippen LogP contribution in [0.1, 0.15) is 42.7 Å². The molecule has 1 aromatic carbocycles. The quantitative estimate of drug-likeness (QED) is 0.808. The fraction of sp³-hybridized carbons (Fsp3) is 0.500. The molecule has 0 heterocycles. The van der Waals surface area contributed by atoms with Crippen molar-refractivity contribution in [3.8, 4) is 0 Å². The largest absolute Gasteiger partial charge is 0.393 e. The summed E-state index contributed by atoms with van der Waals surface area (Å²) < 4.78 is 0. The lowest BCUT2D eigenvalue weighted by atomic mass is 9.84. The van der Waals surface area contributed by atoms with Crippen LogP contribution in [0.25, 0.3) is 0 Å². The van der Waals surface area contributed by atoms with E-state index in [1.807, 2.05) is 0 Å². The standard InChI is InChI=1S/C14H19NS/c1-10-6-8-12(9-7-10)13(14(15)16)11-4-2-3-5-11/h6-9,11,13H,2-5H2,1H3,(H2,15,16). The molecule has 2 rings (SSSR count). The summed E-state index contributed by atoms with van der Waals surface area (Å²) in [6, 6.07) is 8.65. The smallest absolute Gasteiger partial charge is 0.0806 e. The molecule has 1 fully saturated rings. The zero-order valence-corrected chi connectivity index (χ0v) is 10.6. The van der Waals surface area contributed by atoms with E-state index in [4.69, 9.17) is 18.0 Å². The molecule has 86 valence electrons. The van der Waals surface area contributed by atoms with Crippen molar-refractivity contribution < 1.29 is 0 Å². The second-order valence-corrected chi connectivity index (χ2v) is 5.31. The lowest BCUT2D eigenvalue weighted by molar-refractivity contribution is 0.514. The molecule has 0 amide bonds. The van der Waals surface area contributed by atoms with Gasteiger partial charge < -0.3 is 5.73 Å². The molecule has 0 bridgehead atoms. The van der Waals surface area contributed by atoms with E-state index in [1.165, 1.54) is 36.8 Å². The number of hydrogen-bond acceptors (Lipinski definition) is 1. The minimum atomic E-state index is 0.290. The van der Waals surface area contributed by atoms with Gasteiger partial charge in [-0.1, -0.05) is 54.9 Å². The van der Waals surface area contributed by atoms with Gasteiger partial charge in [-0.2, -0.15) is 0 Å². The number of thiocarbonyl (C=S) groups is 1. The topological polar surface area (TPSA) is 26.0 Å². The predicted octanol–water partition coefficient (Wildman–Crippen LogP) is 3.55. The third-order valence-electron chi connectivity index (χ3n) is 3.61. The van der Waals surface area contributed by atoms with Crippen molar-refractivity contribution in [2.45, 2.75) is 38.5 Å². The van der Waals surface area contributed by atoms with Crippen LogP contribution in [-0.4, -0.2) is 4.99 Å². The Morgan fingerprint density at radius 1 is 1.25 bits per heavy atom. The molecular weight excluding hydrogens is 214 g/mol. The number of hydrogen-bond donors (Lipinski definition) is 1. The molecule has 16 heavy (non-hydrogen) atoms. The molecule has 1 aliphatic rings. The van der Waals surface area contributed by atoms with Crippen molar-refractivity contribution in [2.75, 3.05) is 0 Å². The Balaban J connectivity index is 2.24. The average Bonchev–Trinajstić information content (AvgIpc) is 2.74. The van der Waals surface area contributed by atoms with Crippen LogP contribution >= 0.6 is 12.2 Å². The van der Waals surface area contributed by atoms with Crippen molar-refractivity contribution in [2.24, 2.45) is 11.7 Å². The second kappa shape index (κ2) is 4.96.